The number of nitrogens with one attached hydrogen (secondary N) is 1. The molecule has 7 heteroatoms. The normalized spacial score (nSPS) is 18.3. The third-order valence-electron chi connectivity index (χ3n) is 6.56. The van der Waals surface area contributed by atoms with E-state index in [2.05, 4.69) is 5.32 Å². The lowest BCUT2D eigenvalue weighted by Crippen LogP contribution is -2.49. The van der Waals surface area contributed by atoms with E-state index in [1.807, 2.05) is 49.1 Å². The van der Waals surface area contributed by atoms with Crippen LogP contribution in [0, 0.1) is 0 Å². The lowest BCUT2D eigenvalue weighted by Gasteiger charge is -2.45. The van der Waals surface area contributed by atoms with Crippen molar-refractivity contribution < 1.29 is 19.1 Å². The van der Waals surface area contributed by atoms with E-state index >= 15 is 0 Å². The van der Waals surface area contributed by atoms with Crippen molar-refractivity contribution in [1.82, 2.24) is 4.90 Å². The summed E-state index contributed by atoms with van der Waals surface area (Å²) >= 11 is 6.15. The van der Waals surface area contributed by atoms with Gasteiger partial charge in [-0.05, 0) is 73.4 Å². The Balaban J connectivity index is 1.64. The van der Waals surface area contributed by atoms with Crippen molar-refractivity contribution in [1.29, 1.82) is 0 Å². The predicted octanol–water partition coefficient (Wildman–Crippen LogP) is 5.61. The van der Waals surface area contributed by atoms with Gasteiger partial charge in [0.2, 0.25) is 5.91 Å². The van der Waals surface area contributed by atoms with E-state index in [4.69, 9.17) is 21.1 Å². The molecular weight excluding hydrogens is 464 g/mol. The molecule has 0 fully saturated rings. The van der Waals surface area contributed by atoms with E-state index < -0.39 is 12.0 Å². The molecule has 2 atom stereocenters. The van der Waals surface area contributed by atoms with E-state index in [1.54, 1.807) is 30.3 Å². The molecule has 5 rings (SSSR count). The van der Waals surface area contributed by atoms with Gasteiger partial charge < -0.3 is 19.7 Å². The zero-order valence-electron chi connectivity index (χ0n) is 19.7. The molecule has 2 aliphatic rings. The molecule has 3 aromatic rings. The van der Waals surface area contributed by atoms with Gasteiger partial charge >= 0.3 is 0 Å². The first kappa shape index (κ1) is 23.2. The molecule has 0 spiro atoms. The van der Waals surface area contributed by atoms with Crippen molar-refractivity contribution in [3.05, 3.63) is 87.9 Å². The number of halogens is 1. The van der Waals surface area contributed by atoms with E-state index in [-0.39, 0.29) is 11.8 Å². The second-order valence-electron chi connectivity index (χ2n) is 8.62. The zero-order chi connectivity index (χ0) is 24.5. The van der Waals surface area contributed by atoms with Gasteiger partial charge in [-0.2, -0.15) is 0 Å². The summed E-state index contributed by atoms with van der Waals surface area (Å²) < 4.78 is 11.7. The Morgan fingerprint density at radius 3 is 2.49 bits per heavy atom. The Labute approximate surface area is 209 Å². The fourth-order valence-corrected chi connectivity index (χ4v) is 5.33. The van der Waals surface area contributed by atoms with Crippen LogP contribution < -0.4 is 14.8 Å². The van der Waals surface area contributed by atoms with Crippen molar-refractivity contribution in [3.8, 4) is 11.5 Å². The maximum Gasteiger partial charge on any atom is 0.254 e. The van der Waals surface area contributed by atoms with Crippen molar-refractivity contribution in [2.45, 2.75) is 32.2 Å². The van der Waals surface area contributed by atoms with Crippen molar-refractivity contribution in [3.63, 3.8) is 0 Å². The zero-order valence-corrected chi connectivity index (χ0v) is 20.5. The average molecular weight is 491 g/mol. The van der Waals surface area contributed by atoms with Crippen molar-refractivity contribution in [2.24, 2.45) is 0 Å². The predicted molar refractivity (Wildman–Crippen MR) is 136 cm³/mol. The summed E-state index contributed by atoms with van der Waals surface area (Å²) in [6.45, 7) is 5.37. The summed E-state index contributed by atoms with van der Waals surface area (Å²) in [7, 11) is 0. The minimum absolute atomic E-state index is 0.0603. The van der Waals surface area contributed by atoms with E-state index in [0.29, 0.717) is 54.0 Å². The average Bonchev–Trinajstić information content (AvgIpc) is 2.85. The van der Waals surface area contributed by atoms with E-state index in [1.165, 1.54) is 0 Å². The molecule has 2 heterocycles. The number of ether oxygens (including phenoxy) is 2. The molecule has 3 aromatic carbocycles. The second kappa shape index (κ2) is 9.62. The highest BCUT2D eigenvalue weighted by Gasteiger charge is 2.46. The number of amides is 2. The van der Waals surface area contributed by atoms with E-state index in [0.717, 1.165) is 16.7 Å². The smallest absolute Gasteiger partial charge is 0.254 e. The topological polar surface area (TPSA) is 67.9 Å². The van der Waals surface area contributed by atoms with Crippen LogP contribution in [0.25, 0.3) is 0 Å². The van der Waals surface area contributed by atoms with Gasteiger partial charge in [0.15, 0.2) is 11.5 Å². The van der Waals surface area contributed by atoms with Crippen LogP contribution in [0.1, 0.15) is 52.9 Å². The van der Waals surface area contributed by atoms with Crippen LogP contribution in [0.4, 0.5) is 5.69 Å². The Bertz CT molecular complexity index is 1290. The number of carbonyl (C=O) groups excluding carboxylic acids is 2. The molecule has 0 saturated heterocycles. The summed E-state index contributed by atoms with van der Waals surface area (Å²) in [4.78, 5) is 29.2. The molecular formula is C28H27ClN2O4. The second-order valence-corrected chi connectivity index (χ2v) is 9.06. The van der Waals surface area contributed by atoms with Crippen molar-refractivity contribution in [2.75, 3.05) is 25.1 Å². The third-order valence-corrected chi connectivity index (χ3v) is 6.79. The van der Waals surface area contributed by atoms with Crippen LogP contribution in [-0.2, 0) is 11.2 Å². The number of rotatable bonds is 6. The number of hydrogen-bond donors (Lipinski definition) is 1. The number of benzene rings is 3. The Morgan fingerprint density at radius 1 is 1.00 bits per heavy atom. The van der Waals surface area contributed by atoms with Gasteiger partial charge in [0.1, 0.15) is 0 Å². The highest BCUT2D eigenvalue weighted by Crippen LogP contribution is 2.48. The number of anilines is 1. The highest BCUT2D eigenvalue weighted by atomic mass is 35.5. The number of nitrogens with zero attached hydrogens (tertiary/aromatic N) is 1. The van der Waals surface area contributed by atoms with Gasteiger partial charge in [0.05, 0.1) is 25.2 Å². The van der Waals surface area contributed by atoms with Crippen LogP contribution in [0.5, 0.6) is 11.5 Å². The quantitative estimate of drug-likeness (QED) is 0.487. The maximum atomic E-state index is 13.8. The SMILES string of the molecule is CCOc1cc2c(cc1OCC)C1C(C(=O)Nc3cccc(Cl)c3)c3ccccc3C(=O)N1CC2. The van der Waals surface area contributed by atoms with Gasteiger partial charge in [0.25, 0.3) is 5.91 Å². The Kier molecular flexibility index (Phi) is 6.39. The number of carbonyl (C=O) groups is 2. The Hall–Kier alpha value is -3.51. The molecule has 2 amide bonds. The van der Waals surface area contributed by atoms with Gasteiger partial charge in [-0.1, -0.05) is 35.9 Å². The minimum atomic E-state index is -0.602. The summed E-state index contributed by atoms with van der Waals surface area (Å²) in [5, 5.41) is 3.56. The molecule has 180 valence electrons. The first-order chi connectivity index (χ1) is 17.0. The first-order valence-electron chi connectivity index (χ1n) is 11.9. The summed E-state index contributed by atoms with van der Waals surface area (Å²) in [6, 6.07) is 17.9. The summed E-state index contributed by atoms with van der Waals surface area (Å²) in [5.41, 5.74) is 3.87. The number of hydrogen-bond acceptors (Lipinski definition) is 4. The van der Waals surface area contributed by atoms with E-state index in [9.17, 15) is 9.59 Å². The van der Waals surface area contributed by atoms with Gasteiger partial charge in [-0.15, -0.1) is 0 Å². The highest BCUT2D eigenvalue weighted by molar-refractivity contribution is 6.30. The largest absolute Gasteiger partial charge is 0.490 e. The summed E-state index contributed by atoms with van der Waals surface area (Å²) in [6.07, 6.45) is 0.675. The molecule has 0 aliphatic carbocycles. The monoisotopic (exact) mass is 490 g/mol. The first-order valence-corrected chi connectivity index (χ1v) is 12.3. The number of fused-ring (bicyclic) bond motifs is 4. The van der Waals surface area contributed by atoms with Crippen LogP contribution in [-0.4, -0.2) is 36.5 Å². The lowest BCUT2D eigenvalue weighted by atomic mass is 9.75. The molecule has 0 aromatic heterocycles. The Morgan fingerprint density at radius 2 is 1.74 bits per heavy atom. The maximum absolute atomic E-state index is 13.8. The standard InChI is InChI=1S/C28H27ClN2O4/c1-3-34-23-14-17-12-13-31-26(22(17)16-24(23)35-4-2)25(20-10-5-6-11-21(20)28(31)33)27(32)30-19-9-7-8-18(29)15-19/h5-11,14-16,25-26H,3-4,12-13H2,1-2H3,(H,30,32). The molecule has 6 nitrogen and oxygen atoms in total. The summed E-state index contributed by atoms with van der Waals surface area (Å²) in [5.74, 6) is 0.449. The molecule has 2 aliphatic heterocycles. The fourth-order valence-electron chi connectivity index (χ4n) is 5.14. The van der Waals surface area contributed by atoms with Gasteiger partial charge in [-0.3, -0.25) is 9.59 Å². The molecule has 0 saturated carbocycles. The molecule has 1 N–H and O–H groups in total. The van der Waals surface area contributed by atoms with Crippen LogP contribution in [0.3, 0.4) is 0 Å². The molecule has 0 bridgehead atoms. The van der Waals surface area contributed by atoms with Gasteiger partial charge in [-0.25, -0.2) is 0 Å². The third kappa shape index (κ3) is 4.23. The molecule has 35 heavy (non-hydrogen) atoms. The van der Waals surface area contributed by atoms with Gasteiger partial charge in [0, 0.05) is 22.8 Å². The van der Waals surface area contributed by atoms with Crippen LogP contribution in [0.15, 0.2) is 60.7 Å². The lowest BCUT2D eigenvalue weighted by molar-refractivity contribution is -0.119. The van der Waals surface area contributed by atoms with Crippen LogP contribution >= 0.6 is 11.6 Å². The molecule has 0 radical (unpaired) electrons. The minimum Gasteiger partial charge on any atom is -0.490 e. The molecule has 2 unspecified atom stereocenters. The fraction of sp³-hybridized carbons (Fsp3) is 0.286. The van der Waals surface area contributed by atoms with Crippen LogP contribution in [0.2, 0.25) is 5.02 Å². The van der Waals surface area contributed by atoms with Crippen molar-refractivity contribution >= 4 is 29.1 Å².